The molecule has 0 radical (unpaired) electrons. The highest BCUT2D eigenvalue weighted by molar-refractivity contribution is 7.80. The minimum atomic E-state index is -0.159. The third kappa shape index (κ3) is 2.95. The van der Waals surface area contributed by atoms with Gasteiger partial charge in [-0.1, -0.05) is 12.2 Å². The van der Waals surface area contributed by atoms with Gasteiger partial charge in [-0.15, -0.1) is 0 Å². The van der Waals surface area contributed by atoms with E-state index < -0.39 is 0 Å². The number of nitrogens with zero attached hydrogens (tertiary/aromatic N) is 1. The molecule has 2 aromatic rings. The number of aromatic amines is 1. The van der Waals surface area contributed by atoms with E-state index in [-0.39, 0.29) is 10.9 Å². The Morgan fingerprint density at radius 2 is 2.44 bits per heavy atom. The van der Waals surface area contributed by atoms with Crippen molar-refractivity contribution in [3.8, 4) is 0 Å². The van der Waals surface area contributed by atoms with Crippen LogP contribution in [0.15, 0.2) is 29.0 Å². The first-order valence-corrected chi connectivity index (χ1v) is 5.73. The van der Waals surface area contributed by atoms with Crippen molar-refractivity contribution in [3.05, 3.63) is 35.9 Å². The highest BCUT2D eigenvalue weighted by atomic mass is 32.1. The predicted octanol–water partition coefficient (Wildman–Crippen LogP) is 1.21. The first-order chi connectivity index (χ1) is 8.66. The zero-order chi connectivity index (χ0) is 13.0. The molecule has 2 aromatic heterocycles. The highest BCUT2D eigenvalue weighted by Crippen LogP contribution is 2.11. The van der Waals surface area contributed by atoms with Crippen LogP contribution < -0.4 is 11.1 Å². The smallest absolute Gasteiger partial charge is 0.225 e. The maximum Gasteiger partial charge on any atom is 0.225 e. The average Bonchev–Trinajstić information content (AvgIpc) is 2.96. The molecule has 0 aliphatic rings. The van der Waals surface area contributed by atoms with Crippen LogP contribution in [0.5, 0.6) is 0 Å². The van der Waals surface area contributed by atoms with Crippen LogP contribution in [0, 0.1) is 0 Å². The van der Waals surface area contributed by atoms with Crippen LogP contribution in [0.25, 0.3) is 0 Å². The van der Waals surface area contributed by atoms with Gasteiger partial charge in [0.2, 0.25) is 5.91 Å². The van der Waals surface area contributed by atoms with Gasteiger partial charge in [0, 0.05) is 12.8 Å². The summed E-state index contributed by atoms with van der Waals surface area (Å²) >= 11 is 4.84. The second-order valence-electron chi connectivity index (χ2n) is 3.65. The molecule has 0 fully saturated rings. The summed E-state index contributed by atoms with van der Waals surface area (Å²) in [5.74, 6) is 1.03. The number of nitrogens with two attached hydrogens (primary N) is 1. The quantitative estimate of drug-likeness (QED) is 0.705. The molecule has 2 heterocycles. The molecule has 0 atom stereocenters. The van der Waals surface area contributed by atoms with E-state index in [1.165, 1.54) is 6.20 Å². The van der Waals surface area contributed by atoms with Gasteiger partial charge in [0.05, 0.1) is 18.0 Å². The molecule has 1 amide bonds. The van der Waals surface area contributed by atoms with Crippen molar-refractivity contribution in [1.29, 1.82) is 0 Å². The molecule has 0 aromatic carbocycles. The second-order valence-corrected chi connectivity index (χ2v) is 4.09. The molecule has 4 N–H and O–H groups in total. The summed E-state index contributed by atoms with van der Waals surface area (Å²) in [4.78, 5) is 11.9. The normalized spacial score (nSPS) is 10.2. The number of thiocarbonyl (C=S) groups is 1. The lowest BCUT2D eigenvalue weighted by Crippen LogP contribution is -2.17. The maximum atomic E-state index is 11.7. The molecule has 6 nitrogen and oxygen atoms in total. The van der Waals surface area contributed by atoms with Crippen molar-refractivity contribution in [2.45, 2.75) is 12.8 Å². The maximum absolute atomic E-state index is 11.7. The van der Waals surface area contributed by atoms with Gasteiger partial charge in [0.15, 0.2) is 0 Å². The van der Waals surface area contributed by atoms with Crippen LogP contribution in [0.2, 0.25) is 0 Å². The van der Waals surface area contributed by atoms with Gasteiger partial charge in [-0.3, -0.25) is 9.89 Å². The van der Waals surface area contributed by atoms with Gasteiger partial charge in [-0.05, 0) is 12.1 Å². The van der Waals surface area contributed by atoms with Crippen molar-refractivity contribution in [2.75, 3.05) is 5.32 Å². The second kappa shape index (κ2) is 5.46. The average molecular weight is 264 g/mol. The van der Waals surface area contributed by atoms with Gasteiger partial charge >= 0.3 is 0 Å². The molecule has 0 aliphatic heterocycles. The number of carbonyl (C=O) groups is 1. The van der Waals surface area contributed by atoms with Gasteiger partial charge in [-0.25, -0.2) is 0 Å². The van der Waals surface area contributed by atoms with E-state index >= 15 is 0 Å². The Bertz CT molecular complexity index is 547. The third-order valence-electron chi connectivity index (χ3n) is 2.35. The number of anilines is 1. The monoisotopic (exact) mass is 264 g/mol. The zero-order valence-corrected chi connectivity index (χ0v) is 10.3. The first-order valence-electron chi connectivity index (χ1n) is 5.32. The molecule has 0 aliphatic carbocycles. The molecule has 0 unspecified atom stereocenters. The molecule has 7 heteroatoms. The fourth-order valence-electron chi connectivity index (χ4n) is 1.46. The van der Waals surface area contributed by atoms with Crippen molar-refractivity contribution in [2.24, 2.45) is 5.73 Å². The van der Waals surface area contributed by atoms with E-state index in [2.05, 4.69) is 15.5 Å². The van der Waals surface area contributed by atoms with E-state index in [1.54, 1.807) is 12.3 Å². The Morgan fingerprint density at radius 1 is 1.61 bits per heavy atom. The number of hydrogen-bond acceptors (Lipinski definition) is 4. The highest BCUT2D eigenvalue weighted by Gasteiger charge is 2.11. The summed E-state index contributed by atoms with van der Waals surface area (Å²) in [6.45, 7) is 0. The number of nitrogens with one attached hydrogen (secondary N) is 2. The number of carbonyl (C=O) groups excluding carboxylic acids is 1. The Labute approximate surface area is 109 Å². The molecule has 0 spiro atoms. The van der Waals surface area contributed by atoms with E-state index in [0.717, 1.165) is 5.76 Å². The van der Waals surface area contributed by atoms with Gasteiger partial charge in [-0.2, -0.15) is 5.10 Å². The lowest BCUT2D eigenvalue weighted by Gasteiger charge is -2.03. The summed E-state index contributed by atoms with van der Waals surface area (Å²) in [7, 11) is 0. The van der Waals surface area contributed by atoms with Gasteiger partial charge in [0.1, 0.15) is 16.6 Å². The number of hydrogen-bond donors (Lipinski definition) is 3. The zero-order valence-electron chi connectivity index (χ0n) is 9.47. The number of aromatic nitrogens is 2. The van der Waals surface area contributed by atoms with E-state index in [9.17, 15) is 4.79 Å². The Kier molecular flexibility index (Phi) is 3.73. The van der Waals surface area contributed by atoms with Gasteiger partial charge in [0.25, 0.3) is 0 Å². The summed E-state index contributed by atoms with van der Waals surface area (Å²) in [5, 5.41) is 9.09. The van der Waals surface area contributed by atoms with Crippen LogP contribution in [0.1, 0.15) is 17.7 Å². The van der Waals surface area contributed by atoms with Crippen LogP contribution >= 0.6 is 12.2 Å². The van der Waals surface area contributed by atoms with Gasteiger partial charge < -0.3 is 15.5 Å². The van der Waals surface area contributed by atoms with Crippen LogP contribution in [0.3, 0.4) is 0 Å². The fraction of sp³-hybridized carbons (Fsp3) is 0.182. The molecule has 94 valence electrons. The molecular formula is C11H12N4O2S. The Morgan fingerprint density at radius 3 is 3.11 bits per heavy atom. The Hall–Kier alpha value is -2.15. The SMILES string of the molecule is NC(=S)c1cn[nH]c1NC(=O)CCc1ccco1. The topological polar surface area (TPSA) is 96.9 Å². The summed E-state index contributed by atoms with van der Waals surface area (Å²) in [6, 6.07) is 3.61. The molecule has 0 saturated heterocycles. The standard InChI is InChI=1S/C11H12N4O2S/c12-10(18)8-6-13-15-11(8)14-9(16)4-3-7-2-1-5-17-7/h1-2,5-6H,3-4H2,(H2,12,18)(H2,13,14,15,16). The largest absolute Gasteiger partial charge is 0.469 e. The van der Waals surface area contributed by atoms with Crippen molar-refractivity contribution in [1.82, 2.24) is 10.2 Å². The molecule has 0 saturated carbocycles. The summed E-state index contributed by atoms with van der Waals surface area (Å²) in [6.07, 6.45) is 3.90. The van der Waals surface area contributed by atoms with Crippen molar-refractivity contribution in [3.63, 3.8) is 0 Å². The lowest BCUT2D eigenvalue weighted by molar-refractivity contribution is -0.116. The summed E-state index contributed by atoms with van der Waals surface area (Å²) < 4.78 is 5.14. The lowest BCUT2D eigenvalue weighted by atomic mass is 10.2. The van der Waals surface area contributed by atoms with Crippen molar-refractivity contribution >= 4 is 28.9 Å². The fourth-order valence-corrected chi connectivity index (χ4v) is 1.62. The number of furan rings is 1. The minimum Gasteiger partial charge on any atom is -0.469 e. The number of rotatable bonds is 5. The number of amides is 1. The molecule has 0 bridgehead atoms. The predicted molar refractivity (Wildman–Crippen MR) is 70.1 cm³/mol. The summed E-state index contributed by atoms with van der Waals surface area (Å²) in [5.41, 5.74) is 6.02. The van der Waals surface area contributed by atoms with Crippen LogP contribution in [-0.4, -0.2) is 21.1 Å². The van der Waals surface area contributed by atoms with Crippen LogP contribution in [0.4, 0.5) is 5.82 Å². The van der Waals surface area contributed by atoms with Crippen LogP contribution in [-0.2, 0) is 11.2 Å². The first kappa shape index (κ1) is 12.3. The molecule has 2 rings (SSSR count). The molecule has 18 heavy (non-hydrogen) atoms. The van der Waals surface area contributed by atoms with Crippen molar-refractivity contribution < 1.29 is 9.21 Å². The third-order valence-corrected chi connectivity index (χ3v) is 2.57. The Balaban J connectivity index is 1.91. The molecular weight excluding hydrogens is 252 g/mol. The van der Waals surface area contributed by atoms with E-state index in [4.69, 9.17) is 22.4 Å². The number of aryl methyl sites for hydroxylation is 1. The number of H-pyrrole nitrogens is 1. The minimum absolute atomic E-state index is 0.159. The van der Waals surface area contributed by atoms with E-state index in [0.29, 0.717) is 24.2 Å². The van der Waals surface area contributed by atoms with E-state index in [1.807, 2.05) is 6.07 Å².